The molecule has 0 radical (unpaired) electrons. The maximum Gasteiger partial charge on any atom is 0.338 e. The largest absolute Gasteiger partial charge is 0.495 e. The van der Waals surface area contributed by atoms with Crippen LogP contribution in [0.4, 0.5) is 14.5 Å². The molecule has 178 valence electrons. The molecule has 0 aromatic heterocycles. The van der Waals surface area contributed by atoms with Gasteiger partial charge in [-0.1, -0.05) is 6.42 Å². The monoisotopic (exact) mass is 482 g/mol. The number of anilines is 1. The Kier molecular flexibility index (Phi) is 7.65. The van der Waals surface area contributed by atoms with Crippen molar-refractivity contribution in [1.29, 1.82) is 0 Å². The maximum atomic E-state index is 13.2. The third kappa shape index (κ3) is 5.85. The zero-order valence-electron chi connectivity index (χ0n) is 18.1. The Balaban J connectivity index is 1.74. The SMILES string of the molecule is COc1ccc(C(=O)OCC(=O)Nc2cc(F)cc(F)c2)cc1S(=O)(=O)N1CCCCC1C. The van der Waals surface area contributed by atoms with Gasteiger partial charge in [0.25, 0.3) is 5.91 Å². The van der Waals surface area contributed by atoms with E-state index in [9.17, 15) is 26.8 Å². The first kappa shape index (κ1) is 24.6. The van der Waals surface area contributed by atoms with Gasteiger partial charge in [-0.3, -0.25) is 4.79 Å². The Morgan fingerprint density at radius 2 is 1.82 bits per heavy atom. The predicted molar refractivity (Wildman–Crippen MR) is 115 cm³/mol. The van der Waals surface area contributed by atoms with Crippen molar-refractivity contribution in [2.75, 3.05) is 25.6 Å². The molecule has 1 unspecified atom stereocenters. The van der Waals surface area contributed by atoms with E-state index in [4.69, 9.17) is 9.47 Å². The lowest BCUT2D eigenvalue weighted by Gasteiger charge is -2.32. The van der Waals surface area contributed by atoms with Crippen molar-refractivity contribution in [1.82, 2.24) is 4.31 Å². The quantitative estimate of drug-likeness (QED) is 0.608. The molecule has 0 aliphatic carbocycles. The smallest absolute Gasteiger partial charge is 0.338 e. The van der Waals surface area contributed by atoms with E-state index in [-0.39, 0.29) is 27.9 Å². The molecular formula is C22H24F2N2O6S. The lowest BCUT2D eigenvalue weighted by Crippen LogP contribution is -2.42. The predicted octanol–water partition coefficient (Wildman–Crippen LogP) is 3.33. The Hall–Kier alpha value is -3.05. The summed E-state index contributed by atoms with van der Waals surface area (Å²) in [5, 5.41) is 2.21. The van der Waals surface area contributed by atoms with Gasteiger partial charge in [-0.2, -0.15) is 4.31 Å². The molecule has 0 spiro atoms. The van der Waals surface area contributed by atoms with E-state index in [0.29, 0.717) is 12.6 Å². The average molecular weight is 483 g/mol. The fourth-order valence-electron chi connectivity index (χ4n) is 3.60. The van der Waals surface area contributed by atoms with Crippen LogP contribution in [0.1, 0.15) is 36.5 Å². The van der Waals surface area contributed by atoms with E-state index in [1.807, 2.05) is 6.92 Å². The molecule has 11 heteroatoms. The minimum absolute atomic E-state index is 0.0789. The number of hydrogen-bond donors (Lipinski definition) is 1. The third-order valence-corrected chi connectivity index (χ3v) is 7.24. The number of methoxy groups -OCH3 is 1. The number of carbonyl (C=O) groups excluding carboxylic acids is 2. The molecule has 3 rings (SSSR count). The van der Waals surface area contributed by atoms with Gasteiger partial charge in [0.2, 0.25) is 10.0 Å². The molecule has 2 aromatic carbocycles. The number of nitrogens with one attached hydrogen (secondary N) is 1. The zero-order chi connectivity index (χ0) is 24.2. The van der Waals surface area contributed by atoms with Crippen LogP contribution in [-0.2, 0) is 19.6 Å². The fraction of sp³-hybridized carbons (Fsp3) is 0.364. The Labute approximate surface area is 190 Å². The first-order chi connectivity index (χ1) is 15.6. The topological polar surface area (TPSA) is 102 Å². The summed E-state index contributed by atoms with van der Waals surface area (Å²) in [5.74, 6) is -3.44. The average Bonchev–Trinajstić information content (AvgIpc) is 2.76. The van der Waals surface area contributed by atoms with Crippen LogP contribution >= 0.6 is 0 Å². The molecule has 1 atom stereocenters. The highest BCUT2D eigenvalue weighted by Crippen LogP contribution is 2.31. The number of esters is 1. The summed E-state index contributed by atoms with van der Waals surface area (Å²) in [4.78, 5) is 24.3. The summed E-state index contributed by atoms with van der Waals surface area (Å²) in [6.07, 6.45) is 2.40. The summed E-state index contributed by atoms with van der Waals surface area (Å²) in [6, 6.07) is 6.08. The number of sulfonamides is 1. The fourth-order valence-corrected chi connectivity index (χ4v) is 5.48. The summed E-state index contributed by atoms with van der Waals surface area (Å²) in [7, 11) is -2.61. The summed E-state index contributed by atoms with van der Waals surface area (Å²) >= 11 is 0. The van der Waals surface area contributed by atoms with Gasteiger partial charge < -0.3 is 14.8 Å². The number of hydrogen-bond acceptors (Lipinski definition) is 6. The second kappa shape index (κ2) is 10.3. The van der Waals surface area contributed by atoms with Gasteiger partial charge in [-0.15, -0.1) is 0 Å². The number of carbonyl (C=O) groups is 2. The molecule has 33 heavy (non-hydrogen) atoms. The molecular weight excluding hydrogens is 458 g/mol. The number of nitrogens with zero attached hydrogens (tertiary/aromatic N) is 1. The Bertz CT molecular complexity index is 1140. The number of amides is 1. The van der Waals surface area contributed by atoms with Crippen LogP contribution in [0.5, 0.6) is 5.75 Å². The van der Waals surface area contributed by atoms with Crippen molar-refractivity contribution < 1.29 is 36.3 Å². The Morgan fingerprint density at radius 3 is 2.45 bits per heavy atom. The van der Waals surface area contributed by atoms with Gasteiger partial charge >= 0.3 is 5.97 Å². The van der Waals surface area contributed by atoms with E-state index < -0.39 is 40.1 Å². The van der Waals surface area contributed by atoms with Crippen molar-refractivity contribution in [2.45, 2.75) is 37.1 Å². The second-order valence-electron chi connectivity index (χ2n) is 7.61. The van der Waals surface area contributed by atoms with Crippen molar-refractivity contribution in [2.24, 2.45) is 0 Å². The standard InChI is InChI=1S/C22H24F2N2O6S/c1-14-5-3-4-8-26(14)33(29,30)20-9-15(6-7-19(20)31-2)22(28)32-13-21(27)25-18-11-16(23)10-17(24)12-18/h6-7,9-12,14H,3-5,8,13H2,1-2H3,(H,25,27). The molecule has 1 saturated heterocycles. The molecule has 1 aliphatic rings. The summed E-state index contributed by atoms with van der Waals surface area (Å²) < 4.78 is 64.5. The van der Waals surface area contributed by atoms with Crippen molar-refractivity contribution in [3.8, 4) is 5.75 Å². The van der Waals surface area contributed by atoms with Crippen LogP contribution in [0.25, 0.3) is 0 Å². The molecule has 0 saturated carbocycles. The molecule has 1 amide bonds. The van der Waals surface area contributed by atoms with E-state index in [1.54, 1.807) is 0 Å². The molecule has 0 bridgehead atoms. The van der Waals surface area contributed by atoms with Crippen molar-refractivity contribution in [3.05, 3.63) is 53.6 Å². The van der Waals surface area contributed by atoms with Crippen molar-refractivity contribution >= 4 is 27.6 Å². The number of benzene rings is 2. The summed E-state index contributed by atoms with van der Waals surface area (Å²) in [5.41, 5.74) is -0.231. The maximum absolute atomic E-state index is 13.2. The second-order valence-corrected chi connectivity index (χ2v) is 9.47. The highest BCUT2D eigenvalue weighted by Gasteiger charge is 2.33. The molecule has 1 fully saturated rings. The van der Waals surface area contributed by atoms with Gasteiger partial charge in [0.1, 0.15) is 22.3 Å². The lowest BCUT2D eigenvalue weighted by molar-refractivity contribution is -0.119. The van der Waals surface area contributed by atoms with E-state index in [2.05, 4.69) is 5.32 Å². The molecule has 1 aliphatic heterocycles. The lowest BCUT2D eigenvalue weighted by atomic mass is 10.1. The van der Waals surface area contributed by atoms with Gasteiger partial charge in [-0.05, 0) is 50.1 Å². The van der Waals surface area contributed by atoms with Gasteiger partial charge in [-0.25, -0.2) is 22.0 Å². The summed E-state index contributed by atoms with van der Waals surface area (Å²) in [6.45, 7) is 1.45. The minimum Gasteiger partial charge on any atom is -0.495 e. The zero-order valence-corrected chi connectivity index (χ0v) is 19.0. The van der Waals surface area contributed by atoms with Gasteiger partial charge in [0, 0.05) is 24.3 Å². The van der Waals surface area contributed by atoms with E-state index >= 15 is 0 Å². The normalized spacial score (nSPS) is 16.8. The Morgan fingerprint density at radius 1 is 1.12 bits per heavy atom. The van der Waals surface area contributed by atoms with Crippen LogP contribution in [0.2, 0.25) is 0 Å². The minimum atomic E-state index is -3.94. The number of ether oxygens (including phenoxy) is 2. The number of rotatable bonds is 7. The molecule has 8 nitrogen and oxygen atoms in total. The third-order valence-electron chi connectivity index (χ3n) is 5.21. The first-order valence-electron chi connectivity index (χ1n) is 10.2. The number of piperidine rings is 1. The molecule has 1 N–H and O–H groups in total. The van der Waals surface area contributed by atoms with Crippen LogP contribution in [0, 0.1) is 11.6 Å². The molecule has 1 heterocycles. The van der Waals surface area contributed by atoms with Gasteiger partial charge in [0.15, 0.2) is 6.61 Å². The first-order valence-corrected chi connectivity index (χ1v) is 11.7. The molecule has 2 aromatic rings. The van der Waals surface area contributed by atoms with Crippen LogP contribution in [0.3, 0.4) is 0 Å². The van der Waals surface area contributed by atoms with Crippen molar-refractivity contribution in [3.63, 3.8) is 0 Å². The van der Waals surface area contributed by atoms with Gasteiger partial charge in [0.05, 0.1) is 12.7 Å². The van der Waals surface area contributed by atoms with E-state index in [0.717, 1.165) is 37.5 Å². The van der Waals surface area contributed by atoms with Crippen LogP contribution in [0.15, 0.2) is 41.3 Å². The van der Waals surface area contributed by atoms with Crippen LogP contribution < -0.4 is 10.1 Å². The highest BCUT2D eigenvalue weighted by atomic mass is 32.2. The number of halogens is 2. The van der Waals surface area contributed by atoms with E-state index in [1.165, 1.54) is 23.5 Å². The highest BCUT2D eigenvalue weighted by molar-refractivity contribution is 7.89. The van der Waals surface area contributed by atoms with Crippen LogP contribution in [-0.4, -0.2) is 50.9 Å².